The van der Waals surface area contributed by atoms with Crippen molar-refractivity contribution in [3.05, 3.63) is 58.6 Å². The first kappa shape index (κ1) is 29.4. The van der Waals surface area contributed by atoms with Gasteiger partial charge in [-0.2, -0.15) is 4.31 Å². The van der Waals surface area contributed by atoms with E-state index in [1.54, 1.807) is 0 Å². The van der Waals surface area contributed by atoms with Gasteiger partial charge in [-0.15, -0.1) is 0 Å². The fourth-order valence-corrected chi connectivity index (χ4v) is 6.10. The molecule has 2 aromatic carbocycles. The summed E-state index contributed by atoms with van der Waals surface area (Å²) in [5.74, 6) is -0.150. The van der Waals surface area contributed by atoms with Crippen molar-refractivity contribution in [3.63, 3.8) is 0 Å². The molecule has 0 aliphatic carbocycles. The number of carbonyl (C=O) groups is 1. The Bertz CT molecular complexity index is 1250. The Morgan fingerprint density at radius 2 is 1.39 bits per heavy atom. The first-order valence-corrected chi connectivity index (χ1v) is 14.3. The zero-order valence-electron chi connectivity index (χ0n) is 20.7. The van der Waals surface area contributed by atoms with Gasteiger partial charge in [-0.3, -0.25) is 14.9 Å². The lowest BCUT2D eigenvalue weighted by molar-refractivity contribution is -0.384. The van der Waals surface area contributed by atoms with E-state index in [2.05, 4.69) is 10.0 Å². The topological polar surface area (TPSA) is 156 Å². The number of carbonyl (C=O) groups excluding carboxylic acids is 1. The maximum Gasteiger partial charge on any atom is 0.269 e. The first-order chi connectivity index (χ1) is 16.7. The molecule has 0 unspecified atom stereocenters. The third-order valence-corrected chi connectivity index (χ3v) is 8.24. The van der Waals surface area contributed by atoms with E-state index in [1.165, 1.54) is 28.6 Å². The normalized spacial score (nSPS) is 12.3. The minimum absolute atomic E-state index is 0.123. The summed E-state index contributed by atoms with van der Waals surface area (Å²) in [6.07, 6.45) is -0.178. The monoisotopic (exact) mass is 540 g/mol. The van der Waals surface area contributed by atoms with E-state index in [0.29, 0.717) is 18.8 Å². The van der Waals surface area contributed by atoms with E-state index in [4.69, 9.17) is 0 Å². The lowest BCUT2D eigenvalue weighted by Crippen LogP contribution is -2.37. The minimum Gasteiger partial charge on any atom is -0.326 e. The third-order valence-electron chi connectivity index (χ3n) is 4.92. The number of benzene rings is 2. The van der Waals surface area contributed by atoms with E-state index in [1.807, 2.05) is 27.7 Å². The Morgan fingerprint density at radius 3 is 1.86 bits per heavy atom. The predicted octanol–water partition coefficient (Wildman–Crippen LogP) is 3.20. The second-order valence-corrected chi connectivity index (χ2v) is 12.8. The Hall–Kier alpha value is -2.87. The van der Waals surface area contributed by atoms with Gasteiger partial charge in [0.05, 0.1) is 14.7 Å². The van der Waals surface area contributed by atoms with Crippen LogP contribution < -0.4 is 10.0 Å². The third kappa shape index (κ3) is 8.36. The van der Waals surface area contributed by atoms with Gasteiger partial charge in [0.2, 0.25) is 26.0 Å². The van der Waals surface area contributed by atoms with Crippen molar-refractivity contribution in [2.45, 2.75) is 43.9 Å². The summed E-state index contributed by atoms with van der Waals surface area (Å²) in [7, 11) is -7.64. The molecule has 0 aromatic heterocycles. The van der Waals surface area contributed by atoms with Crippen molar-refractivity contribution in [1.29, 1.82) is 0 Å². The minimum atomic E-state index is -3.94. The highest BCUT2D eigenvalue weighted by atomic mass is 32.2. The van der Waals surface area contributed by atoms with E-state index in [0.717, 1.165) is 24.3 Å². The van der Waals surface area contributed by atoms with Gasteiger partial charge in [-0.1, -0.05) is 27.7 Å². The molecule has 0 saturated carbocycles. The lowest BCUT2D eigenvalue weighted by Gasteiger charge is -2.25. The van der Waals surface area contributed by atoms with Crippen LogP contribution in [0.1, 0.15) is 34.1 Å². The number of anilines is 1. The number of non-ortho nitro benzene ring substituents is 1. The Morgan fingerprint density at radius 1 is 0.889 bits per heavy atom. The fraction of sp³-hybridized carbons (Fsp3) is 0.435. The summed E-state index contributed by atoms with van der Waals surface area (Å²) in [6.45, 7) is 8.41. The van der Waals surface area contributed by atoms with Gasteiger partial charge in [0.1, 0.15) is 0 Å². The van der Waals surface area contributed by atoms with Crippen LogP contribution in [-0.2, 0) is 24.8 Å². The molecule has 1 amide bonds. The molecule has 0 spiro atoms. The molecule has 2 N–H and O–H groups in total. The molecule has 0 bridgehead atoms. The van der Waals surface area contributed by atoms with Gasteiger partial charge in [0.25, 0.3) is 5.69 Å². The summed E-state index contributed by atoms with van der Waals surface area (Å²) in [5.41, 5.74) is 0.135. The zero-order chi connectivity index (χ0) is 27.1. The van der Waals surface area contributed by atoms with Gasteiger partial charge in [0.15, 0.2) is 0 Å². The number of rotatable bonds is 13. The molecule has 0 atom stereocenters. The molecule has 0 radical (unpaired) electrons. The number of nitrogens with zero attached hydrogens (tertiary/aromatic N) is 2. The summed E-state index contributed by atoms with van der Waals surface area (Å²) >= 11 is 0. The van der Waals surface area contributed by atoms with Crippen LogP contribution in [0, 0.1) is 22.0 Å². The predicted molar refractivity (Wildman–Crippen MR) is 136 cm³/mol. The average Bonchev–Trinajstić information content (AvgIpc) is 2.78. The van der Waals surface area contributed by atoms with Crippen LogP contribution in [-0.4, -0.2) is 51.6 Å². The molecule has 2 rings (SSSR count). The highest BCUT2D eigenvalue weighted by Crippen LogP contribution is 2.21. The fourth-order valence-electron chi connectivity index (χ4n) is 3.30. The van der Waals surface area contributed by atoms with Crippen LogP contribution in [0.25, 0.3) is 0 Å². The maximum atomic E-state index is 13.1. The Balaban J connectivity index is 1.96. The van der Waals surface area contributed by atoms with E-state index >= 15 is 0 Å². The molecule has 0 aliphatic heterocycles. The Labute approximate surface area is 212 Å². The van der Waals surface area contributed by atoms with E-state index in [-0.39, 0.29) is 40.3 Å². The van der Waals surface area contributed by atoms with Crippen molar-refractivity contribution in [2.24, 2.45) is 11.8 Å². The van der Waals surface area contributed by atoms with Gasteiger partial charge in [-0.05, 0) is 48.2 Å². The van der Waals surface area contributed by atoms with Crippen molar-refractivity contribution in [3.8, 4) is 0 Å². The number of nitrogens with one attached hydrogen (secondary N) is 2. The number of sulfonamides is 2. The Kier molecular flexibility index (Phi) is 10.1. The first-order valence-electron chi connectivity index (χ1n) is 11.4. The number of nitro benzene ring substituents is 1. The molecule has 0 aliphatic rings. The highest BCUT2D eigenvalue weighted by molar-refractivity contribution is 7.89. The summed E-state index contributed by atoms with van der Waals surface area (Å²) in [4.78, 5) is 22.3. The van der Waals surface area contributed by atoms with Crippen LogP contribution in [0.5, 0.6) is 0 Å². The lowest BCUT2D eigenvalue weighted by atomic mass is 10.2. The van der Waals surface area contributed by atoms with Crippen LogP contribution in [0.2, 0.25) is 0 Å². The van der Waals surface area contributed by atoms with Crippen LogP contribution in [0.15, 0.2) is 58.3 Å². The van der Waals surface area contributed by atoms with Gasteiger partial charge in [-0.25, -0.2) is 21.6 Å². The van der Waals surface area contributed by atoms with Crippen molar-refractivity contribution in [1.82, 2.24) is 9.03 Å². The van der Waals surface area contributed by atoms with Crippen molar-refractivity contribution < 1.29 is 26.6 Å². The van der Waals surface area contributed by atoms with Crippen LogP contribution in [0.3, 0.4) is 0 Å². The number of hydrogen-bond acceptors (Lipinski definition) is 7. The SMILES string of the molecule is CC(C)CN(CC(C)C)S(=O)(=O)c1ccc(NC(=O)CCNS(=O)(=O)c2ccc([N+](=O)[O-])cc2)cc1. The number of amides is 1. The molecule has 36 heavy (non-hydrogen) atoms. The van der Waals surface area contributed by atoms with Crippen LogP contribution >= 0.6 is 0 Å². The maximum absolute atomic E-state index is 13.1. The molecular formula is C23H32N4O7S2. The molecule has 0 saturated heterocycles. The molecule has 198 valence electrons. The second-order valence-electron chi connectivity index (χ2n) is 9.08. The van der Waals surface area contributed by atoms with E-state index in [9.17, 15) is 31.7 Å². The van der Waals surface area contributed by atoms with E-state index < -0.39 is 30.9 Å². The van der Waals surface area contributed by atoms with Gasteiger partial charge >= 0.3 is 0 Å². The summed E-state index contributed by atoms with van der Waals surface area (Å²) in [5, 5.41) is 13.3. The molecule has 0 fully saturated rings. The summed E-state index contributed by atoms with van der Waals surface area (Å²) in [6, 6.07) is 10.2. The van der Waals surface area contributed by atoms with Crippen LogP contribution in [0.4, 0.5) is 11.4 Å². The molecule has 11 nitrogen and oxygen atoms in total. The average molecular weight is 541 g/mol. The standard InChI is InChI=1S/C23H32N4O7S2/c1-17(2)15-26(16-18(3)4)36(33,34)22-9-5-19(6-10-22)25-23(28)13-14-24-35(31,32)21-11-7-20(8-12-21)27(29)30/h5-12,17-18,24H,13-16H2,1-4H3,(H,25,28). The molecule has 13 heteroatoms. The van der Waals surface area contributed by atoms with Gasteiger partial charge in [0, 0.05) is 43.9 Å². The number of hydrogen-bond donors (Lipinski definition) is 2. The smallest absolute Gasteiger partial charge is 0.269 e. The largest absolute Gasteiger partial charge is 0.326 e. The number of nitro groups is 1. The quantitative estimate of drug-likeness (QED) is 0.292. The second kappa shape index (κ2) is 12.4. The molecular weight excluding hydrogens is 508 g/mol. The highest BCUT2D eigenvalue weighted by Gasteiger charge is 2.26. The molecule has 0 heterocycles. The molecule has 2 aromatic rings. The van der Waals surface area contributed by atoms with Crippen molar-refractivity contribution in [2.75, 3.05) is 25.0 Å². The zero-order valence-corrected chi connectivity index (χ0v) is 22.3. The van der Waals surface area contributed by atoms with Crippen molar-refractivity contribution >= 4 is 37.3 Å². The van der Waals surface area contributed by atoms with Gasteiger partial charge < -0.3 is 5.32 Å². The summed E-state index contributed by atoms with van der Waals surface area (Å²) < 4.78 is 54.5.